The molecule has 0 saturated carbocycles. The predicted molar refractivity (Wildman–Crippen MR) is 110 cm³/mol. The van der Waals surface area contributed by atoms with Gasteiger partial charge in [-0.05, 0) is 37.0 Å². The minimum Gasteiger partial charge on any atom is -0.355 e. The van der Waals surface area contributed by atoms with Crippen LogP contribution in [-0.2, 0) is 7.05 Å². The fourth-order valence-electron chi connectivity index (χ4n) is 3.69. The van der Waals surface area contributed by atoms with Crippen LogP contribution in [0.1, 0.15) is 23.2 Å². The molecule has 1 fully saturated rings. The average Bonchev–Trinajstić information content (AvgIpc) is 3.14. The Labute approximate surface area is 168 Å². The van der Waals surface area contributed by atoms with Crippen LogP contribution >= 0.6 is 11.6 Å². The monoisotopic (exact) mass is 398 g/mol. The van der Waals surface area contributed by atoms with E-state index in [0.29, 0.717) is 16.5 Å². The Morgan fingerprint density at radius 1 is 1.25 bits per heavy atom. The van der Waals surface area contributed by atoms with Crippen LogP contribution in [0, 0.1) is 5.92 Å². The number of fused-ring (bicyclic) bond motifs is 1. The van der Waals surface area contributed by atoms with Crippen LogP contribution in [0.15, 0.2) is 36.8 Å². The molecule has 2 aromatic heterocycles. The van der Waals surface area contributed by atoms with E-state index in [2.05, 4.69) is 15.0 Å². The largest absolute Gasteiger partial charge is 0.355 e. The number of nitrogens with zero attached hydrogens (tertiary/aromatic N) is 6. The highest BCUT2D eigenvalue weighted by atomic mass is 35.5. The molecule has 4 rings (SSSR count). The molecule has 0 radical (unpaired) electrons. The maximum absolute atomic E-state index is 12.5. The number of rotatable bonds is 4. The van der Waals surface area contributed by atoms with Crippen molar-refractivity contribution in [2.45, 2.75) is 12.8 Å². The average molecular weight is 399 g/mol. The summed E-state index contributed by atoms with van der Waals surface area (Å²) in [4.78, 5) is 25.8. The van der Waals surface area contributed by atoms with Crippen molar-refractivity contribution in [2.75, 3.05) is 31.6 Å². The first kappa shape index (κ1) is 18.7. The summed E-state index contributed by atoms with van der Waals surface area (Å²) >= 11 is 6.02. The summed E-state index contributed by atoms with van der Waals surface area (Å²) in [5, 5.41) is 4.75. The van der Waals surface area contributed by atoms with E-state index < -0.39 is 0 Å². The molecule has 0 spiro atoms. The van der Waals surface area contributed by atoms with E-state index in [-0.39, 0.29) is 5.91 Å². The highest BCUT2D eigenvalue weighted by molar-refractivity contribution is 6.31. The van der Waals surface area contributed by atoms with Crippen molar-refractivity contribution in [2.24, 2.45) is 13.0 Å². The summed E-state index contributed by atoms with van der Waals surface area (Å²) in [6.07, 6.45) is 7.23. The number of carbonyl (C=O) groups is 1. The van der Waals surface area contributed by atoms with Gasteiger partial charge in [-0.1, -0.05) is 11.6 Å². The fourth-order valence-corrected chi connectivity index (χ4v) is 3.86. The summed E-state index contributed by atoms with van der Waals surface area (Å²) in [5.74, 6) is 1.40. The predicted octanol–water partition coefficient (Wildman–Crippen LogP) is 3.01. The van der Waals surface area contributed by atoms with Crippen LogP contribution in [0.25, 0.3) is 11.0 Å². The number of amides is 1. The summed E-state index contributed by atoms with van der Waals surface area (Å²) in [6, 6.07) is 5.57. The lowest BCUT2D eigenvalue weighted by Crippen LogP contribution is -2.39. The lowest BCUT2D eigenvalue weighted by atomic mass is 9.96. The van der Waals surface area contributed by atoms with Crippen LogP contribution in [0.2, 0.25) is 5.02 Å². The van der Waals surface area contributed by atoms with Gasteiger partial charge < -0.3 is 9.80 Å². The molecule has 0 N–H and O–H groups in total. The standard InChI is InChI=1S/C20H23ClN6O/c1-25(20(28)15-10-23-26(2)13-15)12-14-5-7-27(8-6-14)19-11-22-18-9-16(21)3-4-17(18)24-19/h3-4,9-11,13-14H,5-8,12H2,1-2H3. The van der Waals surface area contributed by atoms with Crippen molar-refractivity contribution in [1.29, 1.82) is 0 Å². The summed E-state index contributed by atoms with van der Waals surface area (Å²) in [5.41, 5.74) is 2.29. The molecule has 1 amide bonds. The molecule has 1 aromatic carbocycles. The molecule has 146 valence electrons. The first-order chi connectivity index (χ1) is 13.5. The van der Waals surface area contributed by atoms with Crippen molar-refractivity contribution >= 4 is 34.4 Å². The van der Waals surface area contributed by atoms with E-state index in [0.717, 1.165) is 49.3 Å². The van der Waals surface area contributed by atoms with Gasteiger partial charge in [-0.25, -0.2) is 4.98 Å². The second-order valence-corrected chi connectivity index (χ2v) is 7.82. The maximum atomic E-state index is 12.5. The Hall–Kier alpha value is -2.67. The van der Waals surface area contributed by atoms with Gasteiger partial charge >= 0.3 is 0 Å². The molecule has 1 saturated heterocycles. The van der Waals surface area contributed by atoms with Crippen LogP contribution in [0.3, 0.4) is 0 Å². The molecule has 0 bridgehead atoms. The maximum Gasteiger partial charge on any atom is 0.256 e. The molecule has 28 heavy (non-hydrogen) atoms. The Balaban J connectivity index is 1.35. The number of hydrogen-bond donors (Lipinski definition) is 0. The lowest BCUT2D eigenvalue weighted by Gasteiger charge is -2.34. The lowest BCUT2D eigenvalue weighted by molar-refractivity contribution is 0.0765. The Morgan fingerprint density at radius 3 is 2.75 bits per heavy atom. The third-order valence-corrected chi connectivity index (χ3v) is 5.50. The van der Waals surface area contributed by atoms with Crippen LogP contribution in [0.4, 0.5) is 5.82 Å². The van der Waals surface area contributed by atoms with Gasteiger partial charge in [-0.15, -0.1) is 0 Å². The molecule has 1 aliphatic rings. The fraction of sp³-hybridized carbons (Fsp3) is 0.400. The van der Waals surface area contributed by atoms with Crippen molar-refractivity contribution in [3.63, 3.8) is 0 Å². The van der Waals surface area contributed by atoms with Crippen molar-refractivity contribution < 1.29 is 4.79 Å². The van der Waals surface area contributed by atoms with Crippen LogP contribution in [0.5, 0.6) is 0 Å². The number of aryl methyl sites for hydroxylation is 1. The number of aromatic nitrogens is 4. The molecule has 8 heteroatoms. The van der Waals surface area contributed by atoms with Crippen LogP contribution in [-0.4, -0.2) is 57.2 Å². The molecule has 0 unspecified atom stereocenters. The zero-order valence-corrected chi connectivity index (χ0v) is 16.8. The second-order valence-electron chi connectivity index (χ2n) is 7.38. The normalized spacial score (nSPS) is 15.2. The molecule has 7 nitrogen and oxygen atoms in total. The van der Waals surface area contributed by atoms with Crippen molar-refractivity contribution in [3.05, 3.63) is 47.4 Å². The second kappa shape index (κ2) is 7.75. The van der Waals surface area contributed by atoms with Gasteiger partial charge in [0.2, 0.25) is 0 Å². The minimum atomic E-state index is 0.0228. The van der Waals surface area contributed by atoms with E-state index in [1.165, 1.54) is 0 Å². The zero-order chi connectivity index (χ0) is 19.7. The van der Waals surface area contributed by atoms with E-state index in [9.17, 15) is 4.79 Å². The number of anilines is 1. The Morgan fingerprint density at radius 2 is 2.04 bits per heavy atom. The summed E-state index contributed by atoms with van der Waals surface area (Å²) in [6.45, 7) is 2.57. The van der Waals surface area contributed by atoms with Gasteiger partial charge in [0.1, 0.15) is 5.82 Å². The SMILES string of the molecule is CN(CC1CCN(c2cnc3cc(Cl)ccc3n2)CC1)C(=O)c1cnn(C)c1. The van der Waals surface area contributed by atoms with Gasteiger partial charge in [0, 0.05) is 44.9 Å². The summed E-state index contributed by atoms with van der Waals surface area (Å²) < 4.78 is 1.65. The van der Waals surface area contributed by atoms with E-state index in [1.807, 2.05) is 38.5 Å². The quantitative estimate of drug-likeness (QED) is 0.675. The van der Waals surface area contributed by atoms with E-state index >= 15 is 0 Å². The van der Waals surface area contributed by atoms with Crippen molar-refractivity contribution in [1.82, 2.24) is 24.6 Å². The van der Waals surface area contributed by atoms with Gasteiger partial charge in [-0.2, -0.15) is 5.10 Å². The molecular formula is C20H23ClN6O. The molecule has 3 aromatic rings. The zero-order valence-electron chi connectivity index (χ0n) is 16.0. The Kier molecular flexibility index (Phi) is 5.17. The molecular weight excluding hydrogens is 376 g/mol. The van der Waals surface area contributed by atoms with E-state index in [1.54, 1.807) is 22.0 Å². The van der Waals surface area contributed by atoms with Gasteiger partial charge in [0.25, 0.3) is 5.91 Å². The third-order valence-electron chi connectivity index (χ3n) is 5.26. The number of benzene rings is 1. The molecule has 1 aliphatic heterocycles. The number of halogens is 1. The Bertz CT molecular complexity index is 995. The topological polar surface area (TPSA) is 67.2 Å². The summed E-state index contributed by atoms with van der Waals surface area (Å²) in [7, 11) is 3.68. The van der Waals surface area contributed by atoms with Gasteiger partial charge in [0.15, 0.2) is 0 Å². The van der Waals surface area contributed by atoms with Crippen molar-refractivity contribution in [3.8, 4) is 0 Å². The first-order valence-corrected chi connectivity index (χ1v) is 9.79. The van der Waals surface area contributed by atoms with Crippen LogP contribution < -0.4 is 4.90 Å². The third kappa shape index (κ3) is 3.94. The van der Waals surface area contributed by atoms with Gasteiger partial charge in [0.05, 0.1) is 29.0 Å². The molecule has 3 heterocycles. The molecule has 0 aliphatic carbocycles. The first-order valence-electron chi connectivity index (χ1n) is 9.41. The van der Waals surface area contributed by atoms with Gasteiger partial charge in [-0.3, -0.25) is 14.5 Å². The highest BCUT2D eigenvalue weighted by Crippen LogP contribution is 2.24. The number of piperidine rings is 1. The number of hydrogen-bond acceptors (Lipinski definition) is 5. The smallest absolute Gasteiger partial charge is 0.256 e. The van der Waals surface area contributed by atoms with E-state index in [4.69, 9.17) is 16.6 Å². The number of carbonyl (C=O) groups excluding carboxylic acids is 1. The highest BCUT2D eigenvalue weighted by Gasteiger charge is 2.24. The molecule has 0 atom stereocenters. The minimum absolute atomic E-state index is 0.0228.